The molecule has 0 aromatic heterocycles. The van der Waals surface area contributed by atoms with Crippen LogP contribution in [0.15, 0.2) is 60.7 Å². The Morgan fingerprint density at radius 3 is 1.97 bits per heavy atom. The lowest BCUT2D eigenvalue weighted by atomic mass is 9.70. The topological polar surface area (TPSA) is 95.9 Å². The molecule has 2 amide bonds. The number of ether oxygens (including phenoxy) is 1. The predicted octanol–water partition coefficient (Wildman–Crippen LogP) is 4.99. The Morgan fingerprint density at radius 1 is 1.00 bits per heavy atom. The van der Waals surface area contributed by atoms with Gasteiger partial charge in [0, 0.05) is 12.6 Å². The zero-order chi connectivity index (χ0) is 26.5. The third kappa shape index (κ3) is 6.07. The summed E-state index contributed by atoms with van der Waals surface area (Å²) < 4.78 is 5.39. The lowest BCUT2D eigenvalue weighted by Crippen LogP contribution is -2.54. The molecule has 2 aromatic rings. The van der Waals surface area contributed by atoms with E-state index in [0.717, 1.165) is 6.42 Å². The van der Waals surface area contributed by atoms with Gasteiger partial charge in [-0.25, -0.2) is 4.79 Å². The summed E-state index contributed by atoms with van der Waals surface area (Å²) in [6.07, 6.45) is 1.06. The van der Waals surface area contributed by atoms with Crippen molar-refractivity contribution in [2.45, 2.75) is 77.0 Å². The Bertz CT molecular complexity index is 1010. The lowest BCUT2D eigenvalue weighted by molar-refractivity contribution is -0.144. The standard InChI is InChI=1S/C29H38N2O5/c1-20(2)24(30-27(35)36-28(3,4)5)25(32)31-18-12-17-23(31)19-29(26(33)34,21-13-8-6-9-14-21)22-15-10-7-11-16-22/h6-11,13-16,20,23-24H,12,17-19H2,1-5H3,(H,30,35)(H,33,34)/t23?,24-/m0/s1. The Labute approximate surface area is 213 Å². The zero-order valence-corrected chi connectivity index (χ0v) is 21.9. The number of carboxylic acid groups (broad SMARTS) is 1. The lowest BCUT2D eigenvalue weighted by Gasteiger charge is -2.37. The van der Waals surface area contributed by atoms with Gasteiger partial charge in [-0.2, -0.15) is 0 Å². The number of aliphatic carboxylic acids is 1. The van der Waals surface area contributed by atoms with Crippen molar-refractivity contribution in [1.29, 1.82) is 0 Å². The van der Waals surface area contributed by atoms with Crippen molar-refractivity contribution in [3.63, 3.8) is 0 Å². The van der Waals surface area contributed by atoms with Gasteiger partial charge in [-0.3, -0.25) is 9.59 Å². The number of likely N-dealkylation sites (tertiary alicyclic amines) is 1. The zero-order valence-electron chi connectivity index (χ0n) is 21.9. The van der Waals surface area contributed by atoms with E-state index in [0.29, 0.717) is 24.1 Å². The highest BCUT2D eigenvalue weighted by Crippen LogP contribution is 2.40. The van der Waals surface area contributed by atoms with E-state index in [9.17, 15) is 19.5 Å². The number of carbonyl (C=O) groups is 3. The smallest absolute Gasteiger partial charge is 0.408 e. The molecule has 0 spiro atoms. The van der Waals surface area contributed by atoms with E-state index in [1.165, 1.54) is 0 Å². The van der Waals surface area contributed by atoms with Crippen molar-refractivity contribution >= 4 is 18.0 Å². The van der Waals surface area contributed by atoms with Crippen molar-refractivity contribution in [2.75, 3.05) is 6.54 Å². The maximum atomic E-state index is 13.7. The summed E-state index contributed by atoms with van der Waals surface area (Å²) in [5.41, 5.74) is -0.648. The van der Waals surface area contributed by atoms with E-state index in [4.69, 9.17) is 4.74 Å². The van der Waals surface area contributed by atoms with Crippen LogP contribution in [0.4, 0.5) is 4.79 Å². The second kappa shape index (κ2) is 11.1. The highest BCUT2D eigenvalue weighted by Gasteiger charge is 2.47. The fourth-order valence-corrected chi connectivity index (χ4v) is 5.00. The van der Waals surface area contributed by atoms with Crippen LogP contribution in [0.1, 0.15) is 65.0 Å². The second-order valence-electron chi connectivity index (χ2n) is 10.8. The molecule has 0 aliphatic carbocycles. The molecule has 7 heteroatoms. The van der Waals surface area contributed by atoms with E-state index in [2.05, 4.69) is 5.32 Å². The third-order valence-corrected chi connectivity index (χ3v) is 6.71. The average Bonchev–Trinajstić information content (AvgIpc) is 3.28. The minimum atomic E-state index is -1.32. The molecule has 0 bridgehead atoms. The van der Waals surface area contributed by atoms with Crippen LogP contribution in [0.5, 0.6) is 0 Å². The molecular formula is C29H38N2O5. The van der Waals surface area contributed by atoms with Gasteiger partial charge in [-0.1, -0.05) is 74.5 Å². The first-order valence-corrected chi connectivity index (χ1v) is 12.6. The summed E-state index contributed by atoms with van der Waals surface area (Å²) in [5.74, 6) is -1.33. The van der Waals surface area contributed by atoms with Crippen LogP contribution in [0, 0.1) is 5.92 Å². The molecular weight excluding hydrogens is 456 g/mol. The molecule has 0 radical (unpaired) electrons. The monoisotopic (exact) mass is 494 g/mol. The van der Waals surface area contributed by atoms with Gasteiger partial charge in [0.1, 0.15) is 17.1 Å². The molecule has 2 aromatic carbocycles. The molecule has 7 nitrogen and oxygen atoms in total. The summed E-state index contributed by atoms with van der Waals surface area (Å²) in [5, 5.41) is 13.4. The number of carbonyl (C=O) groups excluding carboxylic acids is 2. The Balaban J connectivity index is 1.94. The Kier molecular flexibility index (Phi) is 8.43. The van der Waals surface area contributed by atoms with Gasteiger partial charge in [-0.05, 0) is 57.1 Å². The van der Waals surface area contributed by atoms with Crippen LogP contribution in [0.2, 0.25) is 0 Å². The molecule has 1 heterocycles. The number of nitrogens with zero attached hydrogens (tertiary/aromatic N) is 1. The van der Waals surface area contributed by atoms with Crippen LogP contribution < -0.4 is 5.32 Å². The maximum absolute atomic E-state index is 13.7. The molecule has 1 aliphatic rings. The van der Waals surface area contributed by atoms with Crippen molar-refractivity contribution in [3.8, 4) is 0 Å². The number of nitrogens with one attached hydrogen (secondary N) is 1. The number of carboxylic acids is 1. The minimum Gasteiger partial charge on any atom is -0.480 e. The average molecular weight is 495 g/mol. The Morgan fingerprint density at radius 2 is 1.53 bits per heavy atom. The molecule has 194 valence electrons. The first kappa shape index (κ1) is 27.2. The number of hydrogen-bond donors (Lipinski definition) is 2. The van der Waals surface area contributed by atoms with Crippen molar-refractivity contribution in [2.24, 2.45) is 5.92 Å². The first-order chi connectivity index (χ1) is 17.0. The van der Waals surface area contributed by atoms with E-state index in [1.807, 2.05) is 74.5 Å². The normalized spacial score (nSPS) is 17.1. The van der Waals surface area contributed by atoms with Gasteiger partial charge in [0.25, 0.3) is 0 Å². The van der Waals surface area contributed by atoms with Gasteiger partial charge in [-0.15, -0.1) is 0 Å². The second-order valence-corrected chi connectivity index (χ2v) is 10.8. The SMILES string of the molecule is CC(C)[C@H](NC(=O)OC(C)(C)C)C(=O)N1CCCC1CC(C(=O)O)(c1ccccc1)c1ccccc1. The van der Waals surface area contributed by atoms with Gasteiger partial charge in [0.15, 0.2) is 0 Å². The summed E-state index contributed by atoms with van der Waals surface area (Å²) >= 11 is 0. The minimum absolute atomic E-state index is 0.168. The van der Waals surface area contributed by atoms with E-state index < -0.39 is 29.1 Å². The third-order valence-electron chi connectivity index (χ3n) is 6.71. The molecule has 36 heavy (non-hydrogen) atoms. The molecule has 1 unspecified atom stereocenters. The van der Waals surface area contributed by atoms with Crippen molar-refractivity contribution in [1.82, 2.24) is 10.2 Å². The van der Waals surface area contributed by atoms with E-state index in [1.54, 1.807) is 25.7 Å². The summed E-state index contributed by atoms with van der Waals surface area (Å²) in [6.45, 7) is 9.58. The number of benzene rings is 2. The van der Waals surface area contributed by atoms with Crippen LogP contribution >= 0.6 is 0 Å². The molecule has 0 saturated carbocycles. The van der Waals surface area contributed by atoms with Gasteiger partial charge in [0.05, 0.1) is 0 Å². The van der Waals surface area contributed by atoms with E-state index >= 15 is 0 Å². The van der Waals surface area contributed by atoms with Crippen LogP contribution in [-0.2, 0) is 19.7 Å². The largest absolute Gasteiger partial charge is 0.480 e. The van der Waals surface area contributed by atoms with E-state index in [-0.39, 0.29) is 24.3 Å². The fraction of sp³-hybridized carbons (Fsp3) is 0.483. The number of hydrogen-bond acceptors (Lipinski definition) is 4. The molecule has 1 saturated heterocycles. The van der Waals surface area contributed by atoms with Gasteiger partial charge in [0.2, 0.25) is 5.91 Å². The molecule has 2 atom stereocenters. The van der Waals surface area contributed by atoms with Crippen LogP contribution in [0.25, 0.3) is 0 Å². The number of amides is 2. The maximum Gasteiger partial charge on any atom is 0.408 e. The number of rotatable bonds is 8. The predicted molar refractivity (Wildman–Crippen MR) is 139 cm³/mol. The molecule has 3 rings (SSSR count). The Hall–Kier alpha value is -3.35. The van der Waals surface area contributed by atoms with Gasteiger partial charge >= 0.3 is 12.1 Å². The van der Waals surface area contributed by atoms with Crippen molar-refractivity contribution < 1.29 is 24.2 Å². The fourth-order valence-electron chi connectivity index (χ4n) is 5.00. The van der Waals surface area contributed by atoms with Gasteiger partial charge < -0.3 is 20.1 Å². The molecule has 2 N–H and O–H groups in total. The summed E-state index contributed by atoms with van der Waals surface area (Å²) in [7, 11) is 0. The van der Waals surface area contributed by atoms with Crippen LogP contribution in [-0.4, -0.2) is 52.2 Å². The quantitative estimate of drug-likeness (QED) is 0.539. The molecule has 1 fully saturated rings. The van der Waals surface area contributed by atoms with Crippen LogP contribution in [0.3, 0.4) is 0 Å². The number of alkyl carbamates (subject to hydrolysis) is 1. The first-order valence-electron chi connectivity index (χ1n) is 12.6. The molecule has 1 aliphatic heterocycles. The van der Waals surface area contributed by atoms with Crippen molar-refractivity contribution in [3.05, 3.63) is 71.8 Å². The summed E-state index contributed by atoms with van der Waals surface area (Å²) in [6, 6.07) is 17.4. The summed E-state index contributed by atoms with van der Waals surface area (Å²) in [4.78, 5) is 41.0. The highest BCUT2D eigenvalue weighted by molar-refractivity contribution is 5.88. The highest BCUT2D eigenvalue weighted by atomic mass is 16.6.